The minimum absolute atomic E-state index is 0.0514. The minimum atomic E-state index is -1.13. The molecule has 0 bridgehead atoms. The van der Waals surface area contributed by atoms with E-state index in [0.29, 0.717) is 18.4 Å². The van der Waals surface area contributed by atoms with E-state index in [2.05, 4.69) is 6.58 Å². The Balaban J connectivity index is 2.00. The van der Waals surface area contributed by atoms with Crippen LogP contribution >= 0.6 is 0 Å². The summed E-state index contributed by atoms with van der Waals surface area (Å²) in [6.45, 7) is 7.68. The van der Waals surface area contributed by atoms with Gasteiger partial charge in [-0.05, 0) is 24.7 Å². The average Bonchev–Trinajstić information content (AvgIpc) is 2.66. The van der Waals surface area contributed by atoms with Crippen LogP contribution < -0.4 is 0 Å². The smallest absolute Gasteiger partial charge is 0.334 e. The lowest BCUT2D eigenvalue weighted by atomic mass is 9.69. The molecule has 112 valence electrons. The molecular weight excluding hydrogens is 260 g/mol. The SMILES string of the molecule is C=C1C(=O)O[C@H]2C[C@@H](C)[C@H]3[C@H](O)[C@H](O)[C@H](O)[C@]3(C)C[C@@H]12. The Hall–Kier alpha value is -0.910. The van der Waals surface area contributed by atoms with Gasteiger partial charge in [0.05, 0.1) is 12.2 Å². The molecule has 0 aromatic rings. The average molecular weight is 282 g/mol. The summed E-state index contributed by atoms with van der Waals surface area (Å²) in [4.78, 5) is 11.7. The van der Waals surface area contributed by atoms with E-state index in [1.807, 2.05) is 13.8 Å². The van der Waals surface area contributed by atoms with Crippen molar-refractivity contribution in [3.8, 4) is 0 Å². The first-order chi connectivity index (χ1) is 9.27. The molecule has 3 fully saturated rings. The monoisotopic (exact) mass is 282 g/mol. The molecule has 1 heterocycles. The van der Waals surface area contributed by atoms with Crippen molar-refractivity contribution in [2.45, 2.75) is 51.1 Å². The van der Waals surface area contributed by atoms with Crippen LogP contribution in [0.25, 0.3) is 0 Å². The third kappa shape index (κ3) is 1.63. The van der Waals surface area contributed by atoms with Crippen LogP contribution in [0.3, 0.4) is 0 Å². The van der Waals surface area contributed by atoms with Crippen molar-refractivity contribution >= 4 is 5.97 Å². The van der Waals surface area contributed by atoms with Gasteiger partial charge in [0, 0.05) is 16.9 Å². The van der Waals surface area contributed by atoms with E-state index in [9.17, 15) is 20.1 Å². The van der Waals surface area contributed by atoms with E-state index >= 15 is 0 Å². The van der Waals surface area contributed by atoms with Crippen LogP contribution in [-0.2, 0) is 9.53 Å². The van der Waals surface area contributed by atoms with Crippen molar-refractivity contribution in [2.75, 3.05) is 0 Å². The highest BCUT2D eigenvalue weighted by molar-refractivity contribution is 5.90. The van der Waals surface area contributed by atoms with Gasteiger partial charge in [0.15, 0.2) is 0 Å². The second-order valence-electron chi connectivity index (χ2n) is 6.95. The number of aliphatic hydroxyl groups excluding tert-OH is 3. The predicted octanol–water partition coefficient (Wildman–Crippen LogP) is 0.233. The Morgan fingerprint density at radius 3 is 2.60 bits per heavy atom. The molecule has 0 unspecified atom stereocenters. The number of esters is 1. The minimum Gasteiger partial charge on any atom is -0.458 e. The van der Waals surface area contributed by atoms with E-state index in [1.54, 1.807) is 0 Å². The zero-order chi connectivity index (χ0) is 14.8. The summed E-state index contributed by atoms with van der Waals surface area (Å²) >= 11 is 0. The fraction of sp³-hybridized carbons (Fsp3) is 0.800. The number of carbonyl (C=O) groups excluding carboxylic acids is 1. The Labute approximate surface area is 118 Å². The summed E-state index contributed by atoms with van der Waals surface area (Å²) in [5.74, 6) is -0.643. The van der Waals surface area contributed by atoms with E-state index in [-0.39, 0.29) is 29.8 Å². The van der Waals surface area contributed by atoms with E-state index in [4.69, 9.17) is 4.74 Å². The third-order valence-corrected chi connectivity index (χ3v) is 5.77. The number of hydrogen-bond acceptors (Lipinski definition) is 5. The van der Waals surface area contributed by atoms with Gasteiger partial charge in [0.1, 0.15) is 12.2 Å². The first-order valence-corrected chi connectivity index (χ1v) is 7.21. The fourth-order valence-electron chi connectivity index (χ4n) is 4.74. The molecule has 20 heavy (non-hydrogen) atoms. The molecular formula is C15H22O5. The zero-order valence-corrected chi connectivity index (χ0v) is 11.8. The molecule has 0 aromatic carbocycles. The standard InChI is InChI=1S/C15H22O5/c1-6-4-9-8(7(2)14(19)20-9)5-15(3)10(6)11(16)12(17)13(15)18/h6,8-13,16-18H,2,4-5H2,1,3H3/t6-,8+,9+,10+,11+,12+,13+,15-/m1/s1. The Morgan fingerprint density at radius 2 is 1.95 bits per heavy atom. The molecule has 0 radical (unpaired) electrons. The summed E-state index contributed by atoms with van der Waals surface area (Å²) < 4.78 is 5.37. The topological polar surface area (TPSA) is 87.0 Å². The lowest BCUT2D eigenvalue weighted by molar-refractivity contribution is -0.139. The third-order valence-electron chi connectivity index (χ3n) is 5.77. The second kappa shape index (κ2) is 4.29. The van der Waals surface area contributed by atoms with Gasteiger partial charge in [-0.3, -0.25) is 0 Å². The number of ether oxygens (including phenoxy) is 1. The number of hydrogen-bond donors (Lipinski definition) is 3. The van der Waals surface area contributed by atoms with Crippen molar-refractivity contribution < 1.29 is 24.9 Å². The molecule has 3 N–H and O–H groups in total. The molecule has 3 rings (SSSR count). The predicted molar refractivity (Wildman–Crippen MR) is 70.5 cm³/mol. The van der Waals surface area contributed by atoms with Crippen LogP contribution in [0.15, 0.2) is 12.2 Å². The molecule has 5 heteroatoms. The normalized spacial score (nSPS) is 55.1. The lowest BCUT2D eigenvalue weighted by Crippen LogP contribution is -2.38. The highest BCUT2D eigenvalue weighted by Gasteiger charge is 2.62. The Bertz CT molecular complexity index is 461. The number of aliphatic hydroxyl groups is 3. The molecule has 3 aliphatic rings. The van der Waals surface area contributed by atoms with Crippen LogP contribution in [0.1, 0.15) is 26.7 Å². The molecule has 2 aliphatic carbocycles. The van der Waals surface area contributed by atoms with Gasteiger partial charge in [-0.1, -0.05) is 20.4 Å². The maximum absolute atomic E-state index is 11.7. The van der Waals surface area contributed by atoms with Crippen molar-refractivity contribution in [3.63, 3.8) is 0 Å². The quantitative estimate of drug-likeness (QED) is 0.437. The maximum atomic E-state index is 11.7. The largest absolute Gasteiger partial charge is 0.458 e. The maximum Gasteiger partial charge on any atom is 0.334 e. The first kappa shape index (κ1) is 14.0. The van der Waals surface area contributed by atoms with E-state index in [1.165, 1.54) is 0 Å². The second-order valence-corrected chi connectivity index (χ2v) is 6.95. The number of carbonyl (C=O) groups is 1. The highest BCUT2D eigenvalue weighted by Crippen LogP contribution is 2.56. The van der Waals surface area contributed by atoms with Gasteiger partial charge in [0.2, 0.25) is 0 Å². The summed E-state index contributed by atoms with van der Waals surface area (Å²) in [6.07, 6.45) is -2.14. The van der Waals surface area contributed by atoms with E-state index in [0.717, 1.165) is 0 Å². The van der Waals surface area contributed by atoms with Crippen molar-refractivity contribution in [1.29, 1.82) is 0 Å². The van der Waals surface area contributed by atoms with Crippen LogP contribution in [0.5, 0.6) is 0 Å². The molecule has 2 saturated carbocycles. The molecule has 1 aliphatic heterocycles. The van der Waals surface area contributed by atoms with Crippen LogP contribution in [0.4, 0.5) is 0 Å². The lowest BCUT2D eigenvalue weighted by Gasteiger charge is -2.37. The van der Waals surface area contributed by atoms with Crippen molar-refractivity contribution in [2.24, 2.45) is 23.2 Å². The van der Waals surface area contributed by atoms with Gasteiger partial charge >= 0.3 is 5.97 Å². The molecule has 5 nitrogen and oxygen atoms in total. The van der Waals surface area contributed by atoms with Gasteiger partial charge in [-0.25, -0.2) is 4.79 Å². The van der Waals surface area contributed by atoms with Crippen LogP contribution in [0, 0.1) is 23.2 Å². The molecule has 0 amide bonds. The highest BCUT2D eigenvalue weighted by atomic mass is 16.6. The molecule has 1 saturated heterocycles. The van der Waals surface area contributed by atoms with Gasteiger partial charge in [-0.15, -0.1) is 0 Å². The van der Waals surface area contributed by atoms with Gasteiger partial charge in [-0.2, -0.15) is 0 Å². The molecule has 8 atom stereocenters. The van der Waals surface area contributed by atoms with Crippen molar-refractivity contribution in [3.05, 3.63) is 12.2 Å². The Kier molecular flexibility index (Phi) is 3.01. The van der Waals surface area contributed by atoms with Crippen molar-refractivity contribution in [1.82, 2.24) is 0 Å². The molecule has 0 spiro atoms. The Morgan fingerprint density at radius 1 is 1.30 bits per heavy atom. The number of fused-ring (bicyclic) bond motifs is 2. The van der Waals surface area contributed by atoms with E-state index < -0.39 is 23.7 Å². The van der Waals surface area contributed by atoms with Gasteiger partial charge < -0.3 is 20.1 Å². The summed E-state index contributed by atoms with van der Waals surface area (Å²) in [6, 6.07) is 0. The van der Waals surface area contributed by atoms with Gasteiger partial charge in [0.25, 0.3) is 0 Å². The summed E-state index contributed by atoms with van der Waals surface area (Å²) in [7, 11) is 0. The first-order valence-electron chi connectivity index (χ1n) is 7.21. The summed E-state index contributed by atoms with van der Waals surface area (Å²) in [5.41, 5.74) is -0.179. The fourth-order valence-corrected chi connectivity index (χ4v) is 4.74. The van der Waals surface area contributed by atoms with Crippen LogP contribution in [-0.4, -0.2) is 45.7 Å². The number of rotatable bonds is 0. The molecule has 0 aromatic heterocycles. The van der Waals surface area contributed by atoms with Crippen LogP contribution in [0.2, 0.25) is 0 Å². The zero-order valence-electron chi connectivity index (χ0n) is 11.8. The summed E-state index contributed by atoms with van der Waals surface area (Å²) in [5, 5.41) is 30.6.